The largest absolute Gasteiger partial charge is 0.381 e. The average molecular weight is 156 g/mol. The highest BCUT2D eigenvalue weighted by Gasteiger charge is 2.13. The molecular weight excluding hydrogens is 138 g/mol. The van der Waals surface area contributed by atoms with Crippen LogP contribution >= 0.6 is 0 Å². The molecule has 1 amide bonds. The predicted octanol–water partition coefficient (Wildman–Crippen LogP) is 1.76. The first-order valence-electron chi connectivity index (χ1n) is 4.04. The van der Waals surface area contributed by atoms with Gasteiger partial charge in [0.2, 0.25) is 5.91 Å². The second-order valence-electron chi connectivity index (χ2n) is 3.68. The number of hydrogen-bond donors (Lipinski definition) is 1. The molecule has 0 saturated carbocycles. The van der Waals surface area contributed by atoms with Crippen molar-refractivity contribution < 1.29 is 4.79 Å². The van der Waals surface area contributed by atoms with Crippen molar-refractivity contribution in [2.75, 3.05) is 0 Å². The van der Waals surface area contributed by atoms with Crippen molar-refractivity contribution in [1.29, 1.82) is 0 Å². The minimum absolute atomic E-state index is 0.0903. The van der Waals surface area contributed by atoms with E-state index in [2.05, 4.69) is 12.2 Å². The molecule has 0 bridgehead atoms. The Morgan fingerprint density at radius 3 is 2.36 bits per heavy atom. The van der Waals surface area contributed by atoms with Gasteiger partial charge in [-0.1, -0.05) is 33.2 Å². The van der Waals surface area contributed by atoms with E-state index in [-0.39, 0.29) is 17.4 Å². The Kier molecular flexibility index (Phi) is 3.56. The van der Waals surface area contributed by atoms with Crippen molar-refractivity contribution in [3.05, 3.63) is 6.92 Å². The molecule has 0 aliphatic carbocycles. The van der Waals surface area contributed by atoms with Crippen LogP contribution in [0, 0.1) is 12.8 Å². The van der Waals surface area contributed by atoms with Crippen LogP contribution in [-0.2, 0) is 4.79 Å². The van der Waals surface area contributed by atoms with Crippen molar-refractivity contribution in [2.45, 2.75) is 39.7 Å². The first-order chi connectivity index (χ1) is 4.87. The molecule has 0 spiro atoms. The highest BCUT2D eigenvalue weighted by Crippen LogP contribution is 2.04. The van der Waals surface area contributed by atoms with Gasteiger partial charge in [0.25, 0.3) is 0 Å². The summed E-state index contributed by atoms with van der Waals surface area (Å²) in [7, 11) is 0. The summed E-state index contributed by atoms with van der Waals surface area (Å²) in [5.74, 6) is 0.184. The summed E-state index contributed by atoms with van der Waals surface area (Å²) in [6, 6.07) is 0. The lowest BCUT2D eigenvalue weighted by Crippen LogP contribution is -2.43. The van der Waals surface area contributed by atoms with Crippen molar-refractivity contribution in [3.63, 3.8) is 0 Å². The standard InChI is InChI=1S/C9H18NO/c1-6-7(2)8(11)10-9(3,4)5/h7H,3,6H2,1-2,4-5H3,(H,10,11)/q-1. The van der Waals surface area contributed by atoms with E-state index in [9.17, 15) is 4.79 Å². The molecule has 66 valence electrons. The van der Waals surface area contributed by atoms with Crippen LogP contribution in [0.5, 0.6) is 0 Å². The molecule has 1 unspecified atom stereocenters. The molecule has 0 fully saturated rings. The van der Waals surface area contributed by atoms with Gasteiger partial charge in [0.15, 0.2) is 0 Å². The van der Waals surface area contributed by atoms with Crippen molar-refractivity contribution in [2.24, 2.45) is 5.92 Å². The quantitative estimate of drug-likeness (QED) is 0.620. The molecule has 2 nitrogen and oxygen atoms in total. The summed E-state index contributed by atoms with van der Waals surface area (Å²) in [5.41, 5.74) is -0.347. The molecule has 0 rings (SSSR count). The Bertz CT molecular complexity index is 135. The van der Waals surface area contributed by atoms with E-state index < -0.39 is 0 Å². The average Bonchev–Trinajstić information content (AvgIpc) is 1.82. The number of nitrogens with one attached hydrogen (secondary N) is 1. The van der Waals surface area contributed by atoms with Crippen LogP contribution in [0.15, 0.2) is 0 Å². The number of amides is 1. The van der Waals surface area contributed by atoms with Crippen molar-refractivity contribution >= 4 is 5.91 Å². The SMILES string of the molecule is [CH2-]C(C)(C)NC(=O)C(C)CC. The van der Waals surface area contributed by atoms with Gasteiger partial charge in [0.1, 0.15) is 0 Å². The predicted molar refractivity (Wildman–Crippen MR) is 47.0 cm³/mol. The lowest BCUT2D eigenvalue weighted by Gasteiger charge is -2.29. The zero-order valence-corrected chi connectivity index (χ0v) is 7.90. The third-order valence-electron chi connectivity index (χ3n) is 1.52. The monoisotopic (exact) mass is 156 g/mol. The van der Waals surface area contributed by atoms with Gasteiger partial charge >= 0.3 is 0 Å². The molecule has 2 heteroatoms. The molecule has 1 atom stereocenters. The van der Waals surface area contributed by atoms with Gasteiger partial charge in [0, 0.05) is 5.92 Å². The number of carbonyl (C=O) groups is 1. The molecule has 0 aliphatic heterocycles. The molecule has 0 radical (unpaired) electrons. The fourth-order valence-corrected chi connectivity index (χ4v) is 0.642. The summed E-state index contributed by atoms with van der Waals surface area (Å²) in [4.78, 5) is 11.2. The Morgan fingerprint density at radius 2 is 2.09 bits per heavy atom. The molecule has 0 heterocycles. The second-order valence-corrected chi connectivity index (χ2v) is 3.68. The maximum atomic E-state index is 11.2. The maximum Gasteiger partial charge on any atom is 0.220 e. The Labute approximate surface area is 69.4 Å². The fourth-order valence-electron chi connectivity index (χ4n) is 0.642. The topological polar surface area (TPSA) is 29.1 Å². The lowest BCUT2D eigenvalue weighted by molar-refractivity contribution is -0.125. The Balaban J connectivity index is 3.88. The summed E-state index contributed by atoms with van der Waals surface area (Å²) < 4.78 is 0. The Morgan fingerprint density at radius 1 is 1.64 bits per heavy atom. The minimum atomic E-state index is -0.347. The minimum Gasteiger partial charge on any atom is -0.381 e. The molecule has 1 N–H and O–H groups in total. The number of hydrogen-bond acceptors (Lipinski definition) is 1. The van der Waals surface area contributed by atoms with E-state index in [0.29, 0.717) is 0 Å². The molecule has 0 aromatic carbocycles. The summed E-state index contributed by atoms with van der Waals surface area (Å²) >= 11 is 0. The third-order valence-corrected chi connectivity index (χ3v) is 1.52. The molecule has 0 aliphatic rings. The fraction of sp³-hybridized carbons (Fsp3) is 0.778. The van der Waals surface area contributed by atoms with E-state index in [0.717, 1.165) is 6.42 Å². The lowest BCUT2D eigenvalue weighted by atomic mass is 10.0. The van der Waals surface area contributed by atoms with Gasteiger partial charge in [-0.25, -0.2) is 0 Å². The van der Waals surface area contributed by atoms with Crippen LogP contribution in [0.2, 0.25) is 0 Å². The third kappa shape index (κ3) is 4.82. The summed E-state index contributed by atoms with van der Waals surface area (Å²) in [5, 5.41) is 2.82. The van der Waals surface area contributed by atoms with Crippen LogP contribution in [0.25, 0.3) is 0 Å². The van der Waals surface area contributed by atoms with Gasteiger partial charge in [-0.05, 0) is 6.42 Å². The zero-order chi connectivity index (χ0) is 9.07. The van der Waals surface area contributed by atoms with E-state index in [1.54, 1.807) is 0 Å². The number of rotatable bonds is 3. The Hall–Kier alpha value is -0.530. The maximum absolute atomic E-state index is 11.2. The molecule has 0 aromatic heterocycles. The van der Waals surface area contributed by atoms with Gasteiger partial charge in [-0.15, -0.1) is 0 Å². The smallest absolute Gasteiger partial charge is 0.220 e. The summed E-state index contributed by atoms with van der Waals surface area (Å²) in [6.45, 7) is 11.5. The van der Waals surface area contributed by atoms with E-state index in [4.69, 9.17) is 0 Å². The van der Waals surface area contributed by atoms with Crippen LogP contribution in [0.3, 0.4) is 0 Å². The second kappa shape index (κ2) is 3.74. The van der Waals surface area contributed by atoms with Crippen LogP contribution in [0.1, 0.15) is 34.1 Å². The van der Waals surface area contributed by atoms with E-state index >= 15 is 0 Å². The van der Waals surface area contributed by atoms with Gasteiger partial charge in [-0.3, -0.25) is 4.79 Å². The van der Waals surface area contributed by atoms with E-state index in [1.165, 1.54) is 0 Å². The normalized spacial score (nSPS) is 14.3. The van der Waals surface area contributed by atoms with Crippen LogP contribution in [-0.4, -0.2) is 11.4 Å². The van der Waals surface area contributed by atoms with Gasteiger partial charge in [0.05, 0.1) is 0 Å². The molecule has 0 saturated heterocycles. The van der Waals surface area contributed by atoms with Crippen LogP contribution < -0.4 is 5.32 Å². The molecular formula is C9H18NO-. The highest BCUT2D eigenvalue weighted by molar-refractivity contribution is 5.78. The van der Waals surface area contributed by atoms with Gasteiger partial charge < -0.3 is 12.2 Å². The van der Waals surface area contributed by atoms with E-state index in [1.807, 2.05) is 27.7 Å². The first-order valence-corrected chi connectivity index (χ1v) is 4.04. The number of carbonyl (C=O) groups excluding carboxylic acids is 1. The van der Waals surface area contributed by atoms with Crippen molar-refractivity contribution in [3.8, 4) is 0 Å². The van der Waals surface area contributed by atoms with Gasteiger partial charge in [-0.2, -0.15) is 0 Å². The van der Waals surface area contributed by atoms with Crippen molar-refractivity contribution in [1.82, 2.24) is 5.32 Å². The highest BCUT2D eigenvalue weighted by atomic mass is 16.2. The van der Waals surface area contributed by atoms with Crippen LogP contribution in [0.4, 0.5) is 0 Å². The molecule has 0 aromatic rings. The first kappa shape index (κ1) is 10.5. The zero-order valence-electron chi connectivity index (χ0n) is 7.90. The summed E-state index contributed by atoms with van der Waals surface area (Å²) in [6.07, 6.45) is 0.877. The molecule has 11 heavy (non-hydrogen) atoms.